The Morgan fingerprint density at radius 3 is 2.93 bits per heavy atom. The molecule has 2 rings (SSSR count). The van der Waals surface area contributed by atoms with E-state index in [4.69, 9.17) is 0 Å². The summed E-state index contributed by atoms with van der Waals surface area (Å²) in [5.74, 6) is 0.182. The lowest BCUT2D eigenvalue weighted by Crippen LogP contribution is -2.13. The highest BCUT2D eigenvalue weighted by Gasteiger charge is 2.22. The number of hydrogen-bond donors (Lipinski definition) is 0. The maximum absolute atomic E-state index is 11.6. The average molecular weight is 191 g/mol. The highest BCUT2D eigenvalue weighted by molar-refractivity contribution is 5.99. The van der Waals surface area contributed by atoms with Crippen LogP contribution >= 0.6 is 0 Å². The van der Waals surface area contributed by atoms with Crippen LogP contribution in [0.3, 0.4) is 0 Å². The Morgan fingerprint density at radius 2 is 2.29 bits per heavy atom. The molecular weight excluding hydrogens is 178 g/mol. The number of hydrogen-bond acceptors (Lipinski definition) is 2. The Kier molecular flexibility index (Phi) is 2.23. The van der Waals surface area contributed by atoms with Gasteiger partial charge in [-0.05, 0) is 25.8 Å². The summed E-state index contributed by atoms with van der Waals surface area (Å²) >= 11 is 0. The summed E-state index contributed by atoms with van der Waals surface area (Å²) in [7, 11) is 0. The summed E-state index contributed by atoms with van der Waals surface area (Å²) in [5, 5.41) is 0. The first-order chi connectivity index (χ1) is 6.77. The molecular formula is C11H13NO2. The lowest BCUT2D eigenvalue weighted by atomic mass is 9.97. The summed E-state index contributed by atoms with van der Waals surface area (Å²) < 4.78 is 1.94. The molecule has 0 amide bonds. The molecule has 14 heavy (non-hydrogen) atoms. The van der Waals surface area contributed by atoms with Gasteiger partial charge < -0.3 is 4.57 Å². The first kappa shape index (κ1) is 9.19. The van der Waals surface area contributed by atoms with E-state index < -0.39 is 0 Å². The summed E-state index contributed by atoms with van der Waals surface area (Å²) in [4.78, 5) is 22.3. The predicted molar refractivity (Wildman–Crippen MR) is 52.8 cm³/mol. The fourth-order valence-electron chi connectivity index (χ4n) is 2.14. The van der Waals surface area contributed by atoms with Crippen LogP contribution in [0.2, 0.25) is 0 Å². The zero-order valence-corrected chi connectivity index (χ0v) is 8.25. The van der Waals surface area contributed by atoms with Crippen LogP contribution in [0.4, 0.5) is 0 Å². The van der Waals surface area contributed by atoms with Crippen LogP contribution in [-0.2, 0) is 13.0 Å². The quantitative estimate of drug-likeness (QED) is 0.669. The van der Waals surface area contributed by atoms with Gasteiger partial charge in [-0.3, -0.25) is 9.59 Å². The molecule has 0 saturated heterocycles. The Morgan fingerprint density at radius 1 is 1.50 bits per heavy atom. The topological polar surface area (TPSA) is 39.1 Å². The van der Waals surface area contributed by atoms with Crippen LogP contribution in [-0.4, -0.2) is 16.6 Å². The van der Waals surface area contributed by atoms with Gasteiger partial charge in [0.2, 0.25) is 0 Å². The second-order valence-corrected chi connectivity index (χ2v) is 3.57. The fraction of sp³-hybridized carbons (Fsp3) is 0.455. The van der Waals surface area contributed by atoms with Gasteiger partial charge in [-0.25, -0.2) is 0 Å². The number of Topliss-reactive ketones (excluding diaryl/α,β-unsaturated/α-hetero) is 1. The van der Waals surface area contributed by atoms with Gasteiger partial charge in [0.1, 0.15) is 0 Å². The molecule has 3 heteroatoms. The number of nitrogens with zero attached hydrogens (tertiary/aromatic N) is 1. The maximum Gasteiger partial charge on any atom is 0.166 e. The Hall–Kier alpha value is -1.38. The number of carbonyl (C=O) groups excluding carboxylic acids is 2. The van der Waals surface area contributed by atoms with E-state index in [0.29, 0.717) is 12.1 Å². The number of rotatable bonds is 2. The highest BCUT2D eigenvalue weighted by Crippen LogP contribution is 2.24. The van der Waals surface area contributed by atoms with Gasteiger partial charge >= 0.3 is 0 Å². The highest BCUT2D eigenvalue weighted by atomic mass is 16.1. The summed E-state index contributed by atoms with van der Waals surface area (Å²) in [6.07, 6.45) is 3.28. The minimum atomic E-state index is 0.182. The smallest absolute Gasteiger partial charge is 0.166 e. The van der Waals surface area contributed by atoms with Crippen LogP contribution in [0.25, 0.3) is 0 Å². The molecule has 0 aromatic carbocycles. The van der Waals surface area contributed by atoms with Crippen molar-refractivity contribution >= 4 is 12.1 Å². The molecule has 0 atom stereocenters. The molecule has 3 nitrogen and oxygen atoms in total. The molecule has 1 aliphatic carbocycles. The summed E-state index contributed by atoms with van der Waals surface area (Å²) in [5.41, 5.74) is 2.44. The molecule has 74 valence electrons. The van der Waals surface area contributed by atoms with Gasteiger partial charge in [-0.2, -0.15) is 0 Å². The van der Waals surface area contributed by atoms with Crippen molar-refractivity contribution in [1.29, 1.82) is 0 Å². The van der Waals surface area contributed by atoms with E-state index >= 15 is 0 Å². The van der Waals surface area contributed by atoms with Crippen molar-refractivity contribution in [2.45, 2.75) is 32.7 Å². The zero-order valence-electron chi connectivity index (χ0n) is 8.25. The molecule has 0 radical (unpaired) electrons. The van der Waals surface area contributed by atoms with Gasteiger partial charge in [-0.15, -0.1) is 0 Å². The number of ketones is 1. The monoisotopic (exact) mass is 191 g/mol. The molecule has 0 unspecified atom stereocenters. The molecule has 1 heterocycles. The van der Waals surface area contributed by atoms with Gasteiger partial charge in [0, 0.05) is 24.2 Å². The molecule has 0 bridgehead atoms. The van der Waals surface area contributed by atoms with E-state index in [1.165, 1.54) is 0 Å². The molecule has 1 aromatic rings. The van der Waals surface area contributed by atoms with Crippen molar-refractivity contribution in [1.82, 2.24) is 4.57 Å². The molecule has 0 fully saturated rings. The van der Waals surface area contributed by atoms with Crippen LogP contribution < -0.4 is 0 Å². The van der Waals surface area contributed by atoms with Crippen molar-refractivity contribution in [3.8, 4) is 0 Å². The largest absolute Gasteiger partial charge is 0.342 e. The molecule has 1 aliphatic rings. The normalized spacial score (nSPS) is 15.4. The molecule has 0 aliphatic heterocycles. The summed E-state index contributed by atoms with van der Waals surface area (Å²) in [6.45, 7) is 2.75. The van der Waals surface area contributed by atoms with Crippen molar-refractivity contribution in [3.05, 3.63) is 23.0 Å². The Balaban J connectivity index is 2.59. The Labute approximate surface area is 82.7 Å². The van der Waals surface area contributed by atoms with Crippen LogP contribution in [0.1, 0.15) is 46.3 Å². The van der Waals surface area contributed by atoms with E-state index in [2.05, 4.69) is 0 Å². The third kappa shape index (κ3) is 1.20. The van der Waals surface area contributed by atoms with E-state index in [-0.39, 0.29) is 5.78 Å². The first-order valence-electron chi connectivity index (χ1n) is 4.98. The van der Waals surface area contributed by atoms with Gasteiger partial charge in [0.25, 0.3) is 0 Å². The number of aldehydes is 1. The fourth-order valence-corrected chi connectivity index (χ4v) is 2.14. The van der Waals surface area contributed by atoms with E-state index in [0.717, 1.165) is 36.9 Å². The number of aromatic nitrogens is 1. The van der Waals surface area contributed by atoms with E-state index in [9.17, 15) is 9.59 Å². The van der Waals surface area contributed by atoms with Gasteiger partial charge in [0.15, 0.2) is 12.1 Å². The molecule has 1 aromatic heterocycles. The average Bonchev–Trinajstić information content (AvgIpc) is 2.57. The number of carbonyl (C=O) groups is 2. The minimum absolute atomic E-state index is 0.182. The van der Waals surface area contributed by atoms with Crippen molar-refractivity contribution in [2.24, 2.45) is 0 Å². The van der Waals surface area contributed by atoms with Crippen LogP contribution in [0, 0.1) is 0 Å². The van der Waals surface area contributed by atoms with E-state index in [1.54, 1.807) is 6.07 Å². The Bertz CT molecular complexity index is 390. The van der Waals surface area contributed by atoms with Crippen molar-refractivity contribution in [3.63, 3.8) is 0 Å². The minimum Gasteiger partial charge on any atom is -0.342 e. The van der Waals surface area contributed by atoms with E-state index in [1.807, 2.05) is 11.5 Å². The van der Waals surface area contributed by atoms with Gasteiger partial charge in [0.05, 0.1) is 5.69 Å². The SMILES string of the molecule is CCn1c(C=O)cc2c1CCCC2=O. The second kappa shape index (κ2) is 3.40. The van der Waals surface area contributed by atoms with Crippen LogP contribution in [0.5, 0.6) is 0 Å². The standard InChI is InChI=1S/C11H13NO2/c1-2-12-8(7-13)6-9-10(12)4-3-5-11(9)14/h6-7H,2-5H2,1H3. The van der Waals surface area contributed by atoms with Crippen molar-refractivity contribution in [2.75, 3.05) is 0 Å². The molecule has 0 N–H and O–H groups in total. The lowest BCUT2D eigenvalue weighted by molar-refractivity contribution is 0.0971. The summed E-state index contributed by atoms with van der Waals surface area (Å²) in [6, 6.07) is 1.73. The second-order valence-electron chi connectivity index (χ2n) is 3.57. The van der Waals surface area contributed by atoms with Crippen molar-refractivity contribution < 1.29 is 9.59 Å². The van der Waals surface area contributed by atoms with Crippen LogP contribution in [0.15, 0.2) is 6.07 Å². The lowest BCUT2D eigenvalue weighted by Gasteiger charge is -2.13. The third-order valence-electron chi connectivity index (χ3n) is 2.80. The van der Waals surface area contributed by atoms with Gasteiger partial charge in [-0.1, -0.05) is 0 Å². The predicted octanol–water partition coefficient (Wildman–Crippen LogP) is 1.84. The third-order valence-corrected chi connectivity index (χ3v) is 2.80. The molecule has 0 saturated carbocycles. The maximum atomic E-state index is 11.6. The zero-order chi connectivity index (χ0) is 10.1. The molecule has 0 spiro atoms. The first-order valence-corrected chi connectivity index (χ1v) is 4.98. The number of fused-ring (bicyclic) bond motifs is 1.